The van der Waals surface area contributed by atoms with Gasteiger partial charge in [-0.1, -0.05) is 72.3 Å². The highest BCUT2D eigenvalue weighted by atomic mass is 16.2. The third-order valence-electron chi connectivity index (χ3n) is 5.01. The molecular weight excluding hydrogens is 400 g/mol. The number of benzene rings is 3. The van der Waals surface area contributed by atoms with Crippen molar-refractivity contribution in [2.75, 3.05) is 6.54 Å². The van der Waals surface area contributed by atoms with Gasteiger partial charge in [0.25, 0.3) is 5.91 Å². The number of carbonyl (C=O) groups is 2. The minimum absolute atomic E-state index is 0.116. The molecule has 0 bridgehead atoms. The molecule has 1 heterocycles. The van der Waals surface area contributed by atoms with E-state index in [1.54, 1.807) is 10.9 Å². The first-order valence-electron chi connectivity index (χ1n) is 10.4. The van der Waals surface area contributed by atoms with Crippen molar-refractivity contribution in [3.05, 3.63) is 108 Å². The van der Waals surface area contributed by atoms with E-state index in [0.29, 0.717) is 17.8 Å². The summed E-state index contributed by atoms with van der Waals surface area (Å²) in [6.45, 7) is 2.29. The number of amides is 2. The molecule has 6 nitrogen and oxygen atoms in total. The Bertz CT molecular complexity index is 1220. The van der Waals surface area contributed by atoms with Crippen molar-refractivity contribution in [3.8, 4) is 16.9 Å². The molecule has 0 aliphatic heterocycles. The number of para-hydroxylation sites is 1. The van der Waals surface area contributed by atoms with E-state index in [-0.39, 0.29) is 18.4 Å². The van der Waals surface area contributed by atoms with Crippen molar-refractivity contribution < 1.29 is 9.59 Å². The molecule has 32 heavy (non-hydrogen) atoms. The van der Waals surface area contributed by atoms with Crippen LogP contribution in [0.3, 0.4) is 0 Å². The van der Waals surface area contributed by atoms with Crippen LogP contribution in [0.15, 0.2) is 91.1 Å². The smallest absolute Gasteiger partial charge is 0.255 e. The number of rotatable bonds is 7. The van der Waals surface area contributed by atoms with Gasteiger partial charge in [0.2, 0.25) is 5.91 Å². The van der Waals surface area contributed by atoms with Crippen LogP contribution in [-0.4, -0.2) is 28.1 Å². The maximum atomic E-state index is 13.0. The summed E-state index contributed by atoms with van der Waals surface area (Å²) in [5.74, 6) is -0.603. The summed E-state index contributed by atoms with van der Waals surface area (Å²) in [5.41, 5.74) is 4.75. The monoisotopic (exact) mass is 424 g/mol. The number of aryl methyl sites for hydroxylation is 1. The molecule has 2 N–H and O–H groups in total. The molecule has 0 aliphatic carbocycles. The molecule has 0 fully saturated rings. The largest absolute Gasteiger partial charge is 0.350 e. The second-order valence-electron chi connectivity index (χ2n) is 7.49. The third kappa shape index (κ3) is 5.10. The van der Waals surface area contributed by atoms with Gasteiger partial charge in [0.15, 0.2) is 0 Å². The van der Waals surface area contributed by atoms with E-state index in [9.17, 15) is 9.59 Å². The van der Waals surface area contributed by atoms with Gasteiger partial charge < -0.3 is 10.6 Å². The lowest BCUT2D eigenvalue weighted by Crippen LogP contribution is -2.36. The highest BCUT2D eigenvalue weighted by Gasteiger charge is 2.19. The van der Waals surface area contributed by atoms with Gasteiger partial charge in [0.1, 0.15) is 5.69 Å². The van der Waals surface area contributed by atoms with E-state index in [0.717, 1.165) is 22.4 Å². The van der Waals surface area contributed by atoms with E-state index in [4.69, 9.17) is 0 Å². The van der Waals surface area contributed by atoms with Crippen molar-refractivity contribution >= 4 is 11.8 Å². The first-order chi connectivity index (χ1) is 15.6. The maximum Gasteiger partial charge on any atom is 0.255 e. The predicted octanol–water partition coefficient (Wildman–Crippen LogP) is 3.89. The van der Waals surface area contributed by atoms with Crippen LogP contribution in [0.25, 0.3) is 16.9 Å². The zero-order valence-corrected chi connectivity index (χ0v) is 17.8. The van der Waals surface area contributed by atoms with Gasteiger partial charge in [-0.25, -0.2) is 4.68 Å². The standard InChI is InChI=1S/C26H24N4O2/c1-19-9-8-12-21(15-19)25-23(18-30(29-25)22-13-6-3-7-14-22)26(32)28-17-24(31)27-16-20-10-4-2-5-11-20/h2-15,18H,16-17H2,1H3,(H,27,31)(H,28,32). The third-order valence-corrected chi connectivity index (χ3v) is 5.01. The van der Waals surface area contributed by atoms with E-state index in [1.807, 2.05) is 91.9 Å². The molecule has 160 valence electrons. The summed E-state index contributed by atoms with van der Waals surface area (Å²) in [6.07, 6.45) is 1.70. The molecule has 2 amide bonds. The summed E-state index contributed by atoms with van der Waals surface area (Å²) < 4.78 is 1.68. The molecule has 3 aromatic carbocycles. The van der Waals surface area contributed by atoms with E-state index in [2.05, 4.69) is 15.7 Å². The van der Waals surface area contributed by atoms with Gasteiger partial charge >= 0.3 is 0 Å². The molecular formula is C26H24N4O2. The topological polar surface area (TPSA) is 76.0 Å². The number of carbonyl (C=O) groups excluding carboxylic acids is 2. The molecule has 0 saturated heterocycles. The zero-order valence-electron chi connectivity index (χ0n) is 17.8. The zero-order chi connectivity index (χ0) is 22.3. The summed E-state index contributed by atoms with van der Waals surface area (Å²) in [5, 5.41) is 10.2. The molecule has 4 aromatic rings. The van der Waals surface area contributed by atoms with Crippen LogP contribution in [-0.2, 0) is 11.3 Å². The van der Waals surface area contributed by atoms with Gasteiger partial charge in [-0.2, -0.15) is 5.10 Å². The Labute approximate surface area is 186 Å². The molecule has 0 atom stereocenters. The van der Waals surface area contributed by atoms with Crippen LogP contribution in [0.4, 0.5) is 0 Å². The van der Waals surface area contributed by atoms with E-state index >= 15 is 0 Å². The number of aromatic nitrogens is 2. The van der Waals surface area contributed by atoms with Crippen molar-refractivity contribution in [1.82, 2.24) is 20.4 Å². The Morgan fingerprint density at radius 2 is 1.59 bits per heavy atom. The molecule has 0 aliphatic rings. The Morgan fingerprint density at radius 1 is 0.875 bits per heavy atom. The normalized spacial score (nSPS) is 10.5. The van der Waals surface area contributed by atoms with Crippen molar-refractivity contribution in [2.45, 2.75) is 13.5 Å². The lowest BCUT2D eigenvalue weighted by atomic mass is 10.1. The van der Waals surface area contributed by atoms with Crippen LogP contribution in [0, 0.1) is 6.92 Å². The first kappa shape index (κ1) is 21.1. The second-order valence-corrected chi connectivity index (χ2v) is 7.49. The lowest BCUT2D eigenvalue weighted by Gasteiger charge is -2.07. The number of hydrogen-bond acceptors (Lipinski definition) is 3. The lowest BCUT2D eigenvalue weighted by molar-refractivity contribution is -0.120. The average molecular weight is 425 g/mol. The Hall–Kier alpha value is -4.19. The van der Waals surface area contributed by atoms with Crippen LogP contribution >= 0.6 is 0 Å². The summed E-state index contributed by atoms with van der Waals surface area (Å²) in [7, 11) is 0. The Kier molecular flexibility index (Phi) is 6.41. The van der Waals surface area contributed by atoms with Gasteiger partial charge in [-0.3, -0.25) is 9.59 Å². The second kappa shape index (κ2) is 9.75. The van der Waals surface area contributed by atoms with Crippen molar-refractivity contribution in [1.29, 1.82) is 0 Å². The highest BCUT2D eigenvalue weighted by Crippen LogP contribution is 2.24. The fourth-order valence-corrected chi connectivity index (χ4v) is 3.37. The van der Waals surface area contributed by atoms with Gasteiger partial charge in [-0.15, -0.1) is 0 Å². The number of hydrogen-bond donors (Lipinski definition) is 2. The van der Waals surface area contributed by atoms with Gasteiger partial charge in [0, 0.05) is 18.3 Å². The molecule has 6 heteroatoms. The highest BCUT2D eigenvalue weighted by molar-refractivity contribution is 6.01. The van der Waals surface area contributed by atoms with Crippen molar-refractivity contribution in [2.24, 2.45) is 0 Å². The minimum Gasteiger partial charge on any atom is -0.350 e. The molecule has 4 rings (SSSR count). The first-order valence-corrected chi connectivity index (χ1v) is 10.4. The quantitative estimate of drug-likeness (QED) is 0.473. The fourth-order valence-electron chi connectivity index (χ4n) is 3.37. The average Bonchev–Trinajstić information content (AvgIpc) is 3.28. The van der Waals surface area contributed by atoms with E-state index in [1.165, 1.54) is 0 Å². The maximum absolute atomic E-state index is 13.0. The molecule has 0 spiro atoms. The van der Waals surface area contributed by atoms with Crippen LogP contribution in [0.2, 0.25) is 0 Å². The molecule has 0 saturated carbocycles. The van der Waals surface area contributed by atoms with Gasteiger partial charge in [0.05, 0.1) is 17.8 Å². The van der Waals surface area contributed by atoms with Crippen molar-refractivity contribution in [3.63, 3.8) is 0 Å². The van der Waals surface area contributed by atoms with E-state index < -0.39 is 0 Å². The minimum atomic E-state index is -0.349. The summed E-state index contributed by atoms with van der Waals surface area (Å²) in [6, 6.07) is 27.1. The Morgan fingerprint density at radius 3 is 2.31 bits per heavy atom. The molecule has 0 unspecified atom stereocenters. The molecule has 0 radical (unpaired) electrons. The number of nitrogens with zero attached hydrogens (tertiary/aromatic N) is 2. The Balaban J connectivity index is 1.51. The SMILES string of the molecule is Cc1cccc(-c2nn(-c3ccccc3)cc2C(=O)NCC(=O)NCc2ccccc2)c1. The molecule has 1 aromatic heterocycles. The van der Waals surface area contributed by atoms with Gasteiger partial charge in [-0.05, 0) is 30.7 Å². The van der Waals surface area contributed by atoms with Crippen LogP contribution < -0.4 is 10.6 Å². The summed E-state index contributed by atoms with van der Waals surface area (Å²) in [4.78, 5) is 25.2. The summed E-state index contributed by atoms with van der Waals surface area (Å²) >= 11 is 0. The predicted molar refractivity (Wildman–Crippen MR) is 124 cm³/mol. The van der Waals surface area contributed by atoms with Crippen LogP contribution in [0.5, 0.6) is 0 Å². The van der Waals surface area contributed by atoms with Crippen LogP contribution in [0.1, 0.15) is 21.5 Å². The number of nitrogens with one attached hydrogen (secondary N) is 2. The fraction of sp³-hybridized carbons (Fsp3) is 0.115.